The summed E-state index contributed by atoms with van der Waals surface area (Å²) in [5.41, 5.74) is 0.663. The van der Waals surface area contributed by atoms with Crippen molar-refractivity contribution in [1.29, 1.82) is 5.41 Å². The lowest BCUT2D eigenvalue weighted by atomic mass is 10.1. The molecule has 34 heavy (non-hydrogen) atoms. The number of amidine groups is 1. The highest BCUT2D eigenvalue weighted by atomic mass is 35.5. The van der Waals surface area contributed by atoms with Crippen LogP contribution in [0.1, 0.15) is 45.5 Å². The van der Waals surface area contributed by atoms with Crippen LogP contribution in [0.5, 0.6) is 0 Å². The first-order valence-corrected chi connectivity index (χ1v) is 11.3. The molecule has 0 saturated carbocycles. The molecule has 9 heteroatoms. The number of rotatable bonds is 5. The second kappa shape index (κ2) is 10.4. The maximum Gasteiger partial charge on any atom is 0.258 e. The zero-order chi connectivity index (χ0) is 24.1. The average Bonchev–Trinajstić information content (AvgIpc) is 2.85. The highest BCUT2D eigenvalue weighted by Gasteiger charge is 2.20. The highest BCUT2D eigenvalue weighted by Crippen LogP contribution is 2.21. The fourth-order valence-corrected chi connectivity index (χ4v) is 3.87. The number of amides is 2. The Balaban J connectivity index is 1.49. The third kappa shape index (κ3) is 5.40. The van der Waals surface area contributed by atoms with Crippen molar-refractivity contribution in [3.05, 3.63) is 88.3 Å². The summed E-state index contributed by atoms with van der Waals surface area (Å²) in [7, 11) is 0. The molecule has 1 saturated heterocycles. The third-order valence-electron chi connectivity index (χ3n) is 5.55. The number of carbonyl (C=O) groups excluding carboxylic acids is 2. The van der Waals surface area contributed by atoms with Gasteiger partial charge in [-0.05, 0) is 55.7 Å². The molecule has 0 atom stereocenters. The van der Waals surface area contributed by atoms with E-state index in [1.54, 1.807) is 42.5 Å². The summed E-state index contributed by atoms with van der Waals surface area (Å²) in [6.07, 6.45) is 4.55. The van der Waals surface area contributed by atoms with Gasteiger partial charge in [0, 0.05) is 24.8 Å². The van der Waals surface area contributed by atoms with Crippen LogP contribution in [-0.2, 0) is 0 Å². The molecule has 1 aliphatic heterocycles. The molecule has 2 heterocycles. The van der Waals surface area contributed by atoms with E-state index in [2.05, 4.69) is 15.6 Å². The van der Waals surface area contributed by atoms with Gasteiger partial charge in [0.25, 0.3) is 11.8 Å². The van der Waals surface area contributed by atoms with Gasteiger partial charge >= 0.3 is 0 Å². The van der Waals surface area contributed by atoms with Crippen LogP contribution in [0.2, 0.25) is 5.02 Å². The second-order valence-corrected chi connectivity index (χ2v) is 8.34. The van der Waals surface area contributed by atoms with E-state index >= 15 is 0 Å². The van der Waals surface area contributed by atoms with Crippen molar-refractivity contribution >= 4 is 40.8 Å². The third-order valence-corrected chi connectivity index (χ3v) is 5.77. The molecule has 1 aromatic heterocycles. The molecular formula is C25H23ClFN5O2. The smallest absolute Gasteiger partial charge is 0.258 e. The molecule has 0 aliphatic carbocycles. The first kappa shape index (κ1) is 23.4. The van der Waals surface area contributed by atoms with Crippen molar-refractivity contribution in [2.24, 2.45) is 0 Å². The van der Waals surface area contributed by atoms with Gasteiger partial charge < -0.3 is 15.5 Å². The molecule has 0 bridgehead atoms. The fraction of sp³-hybridized carbons (Fsp3) is 0.200. The van der Waals surface area contributed by atoms with Gasteiger partial charge in [-0.3, -0.25) is 15.0 Å². The van der Waals surface area contributed by atoms with Crippen molar-refractivity contribution in [3.63, 3.8) is 0 Å². The summed E-state index contributed by atoms with van der Waals surface area (Å²) in [5.74, 6) is -1.37. The van der Waals surface area contributed by atoms with Crippen LogP contribution in [0.25, 0.3) is 0 Å². The van der Waals surface area contributed by atoms with Crippen molar-refractivity contribution in [2.45, 2.75) is 19.3 Å². The number of para-hydroxylation sites is 1. The number of aromatic nitrogens is 1. The van der Waals surface area contributed by atoms with Gasteiger partial charge in [0.15, 0.2) is 0 Å². The van der Waals surface area contributed by atoms with E-state index in [0.29, 0.717) is 16.4 Å². The Kier molecular flexibility index (Phi) is 7.18. The number of hydrogen-bond acceptors (Lipinski definition) is 4. The number of carbonyl (C=O) groups is 2. The minimum absolute atomic E-state index is 0.176. The van der Waals surface area contributed by atoms with Crippen LogP contribution >= 0.6 is 11.6 Å². The minimum atomic E-state index is -0.732. The van der Waals surface area contributed by atoms with Crippen molar-refractivity contribution in [3.8, 4) is 0 Å². The second-order valence-electron chi connectivity index (χ2n) is 7.91. The molecule has 1 fully saturated rings. The van der Waals surface area contributed by atoms with Crippen molar-refractivity contribution in [2.75, 3.05) is 23.7 Å². The van der Waals surface area contributed by atoms with Crippen LogP contribution in [0.3, 0.4) is 0 Å². The first-order chi connectivity index (χ1) is 16.4. The molecule has 3 aromatic rings. The summed E-state index contributed by atoms with van der Waals surface area (Å²) >= 11 is 5.82. The van der Waals surface area contributed by atoms with Gasteiger partial charge in [-0.1, -0.05) is 29.8 Å². The van der Waals surface area contributed by atoms with Gasteiger partial charge in [-0.2, -0.15) is 0 Å². The highest BCUT2D eigenvalue weighted by molar-refractivity contribution is 6.30. The SMILES string of the molecule is N=C(c1ccc(C(=O)Nc2ccccc2C(=O)Nc2ccc(Cl)cn2)c(F)c1)N1CCCCC1. The van der Waals surface area contributed by atoms with E-state index in [0.717, 1.165) is 32.4 Å². The Labute approximate surface area is 201 Å². The number of halogens is 2. The zero-order valence-electron chi connectivity index (χ0n) is 18.3. The van der Waals surface area contributed by atoms with Gasteiger partial charge in [0.2, 0.25) is 0 Å². The summed E-state index contributed by atoms with van der Waals surface area (Å²) in [5, 5.41) is 14.0. The Bertz CT molecular complexity index is 1230. The van der Waals surface area contributed by atoms with Crippen molar-refractivity contribution < 1.29 is 14.0 Å². The van der Waals surface area contributed by atoms with Crippen LogP contribution < -0.4 is 10.6 Å². The largest absolute Gasteiger partial charge is 0.357 e. The van der Waals surface area contributed by atoms with Gasteiger partial charge in [-0.15, -0.1) is 0 Å². The van der Waals surface area contributed by atoms with Crippen molar-refractivity contribution in [1.82, 2.24) is 9.88 Å². The number of nitrogens with zero attached hydrogens (tertiary/aromatic N) is 2. The summed E-state index contributed by atoms with van der Waals surface area (Å²) in [4.78, 5) is 31.5. The number of nitrogens with one attached hydrogen (secondary N) is 3. The molecule has 174 valence electrons. The normalized spacial score (nSPS) is 13.3. The quantitative estimate of drug-likeness (QED) is 0.346. The predicted octanol–water partition coefficient (Wildman–Crippen LogP) is 5.19. The molecule has 7 nitrogen and oxygen atoms in total. The topological polar surface area (TPSA) is 98.2 Å². The Morgan fingerprint density at radius 1 is 0.941 bits per heavy atom. The molecule has 0 unspecified atom stereocenters. The van der Waals surface area contributed by atoms with E-state index < -0.39 is 17.6 Å². The number of pyridine rings is 1. The maximum atomic E-state index is 14.8. The summed E-state index contributed by atoms with van der Waals surface area (Å²) in [6, 6.07) is 13.7. The molecule has 1 aliphatic rings. The number of likely N-dealkylation sites (tertiary alicyclic amines) is 1. The molecular weight excluding hydrogens is 457 g/mol. The van der Waals surface area contributed by atoms with Crippen LogP contribution in [0, 0.1) is 11.2 Å². The van der Waals surface area contributed by atoms with E-state index in [4.69, 9.17) is 17.0 Å². The molecule has 2 aromatic carbocycles. The molecule has 4 rings (SSSR count). The number of hydrogen-bond donors (Lipinski definition) is 3. The first-order valence-electron chi connectivity index (χ1n) is 10.9. The maximum absolute atomic E-state index is 14.8. The number of piperidine rings is 1. The summed E-state index contributed by atoms with van der Waals surface area (Å²) in [6.45, 7) is 1.54. The molecule has 3 N–H and O–H groups in total. The zero-order valence-corrected chi connectivity index (χ0v) is 19.0. The predicted molar refractivity (Wildman–Crippen MR) is 130 cm³/mol. The van der Waals surface area contributed by atoms with E-state index in [-0.39, 0.29) is 22.6 Å². The van der Waals surface area contributed by atoms with Gasteiger partial charge in [0.1, 0.15) is 17.5 Å². The average molecular weight is 480 g/mol. The summed E-state index contributed by atoms with van der Waals surface area (Å²) < 4.78 is 14.8. The monoisotopic (exact) mass is 479 g/mol. The van der Waals surface area contributed by atoms with E-state index in [1.807, 2.05) is 4.90 Å². The number of benzene rings is 2. The van der Waals surface area contributed by atoms with E-state index in [9.17, 15) is 14.0 Å². The minimum Gasteiger partial charge on any atom is -0.357 e. The Morgan fingerprint density at radius 2 is 1.68 bits per heavy atom. The standard InChI is InChI=1S/C25H23ClFN5O2/c26-17-9-11-22(29-15-17)31-25(34)19-6-2-3-7-21(19)30-24(33)18-10-8-16(14-20(18)27)23(28)32-12-4-1-5-13-32/h2-3,6-11,14-15,28H,1,4-5,12-13H2,(H,30,33)(H,29,31,34). The van der Waals surface area contributed by atoms with Crippen LogP contribution in [0.4, 0.5) is 15.9 Å². The molecule has 0 spiro atoms. The fourth-order valence-electron chi connectivity index (χ4n) is 3.76. The van der Waals surface area contributed by atoms with Crippen LogP contribution in [0.15, 0.2) is 60.8 Å². The van der Waals surface area contributed by atoms with Gasteiger partial charge in [-0.25, -0.2) is 9.37 Å². The van der Waals surface area contributed by atoms with Gasteiger partial charge in [0.05, 0.1) is 21.8 Å². The number of anilines is 2. The lowest BCUT2D eigenvalue weighted by Gasteiger charge is -2.29. The van der Waals surface area contributed by atoms with E-state index in [1.165, 1.54) is 18.3 Å². The lowest BCUT2D eigenvalue weighted by Crippen LogP contribution is -2.35. The van der Waals surface area contributed by atoms with Crippen LogP contribution in [-0.4, -0.2) is 40.6 Å². The lowest BCUT2D eigenvalue weighted by molar-refractivity contribution is 0.102. The Morgan fingerprint density at radius 3 is 2.38 bits per heavy atom. The molecule has 2 amide bonds. The molecule has 0 radical (unpaired) electrons. The Hall–Kier alpha value is -3.78.